The molecule has 34 heavy (non-hydrogen) atoms. The minimum atomic E-state index is 0.0192. The van der Waals surface area contributed by atoms with E-state index in [4.69, 9.17) is 0 Å². The lowest BCUT2D eigenvalue weighted by atomic mass is 9.90. The first kappa shape index (κ1) is 22.2. The van der Waals surface area contributed by atoms with E-state index in [9.17, 15) is 0 Å². The van der Waals surface area contributed by atoms with E-state index >= 15 is 0 Å². The summed E-state index contributed by atoms with van der Waals surface area (Å²) >= 11 is 0. The Bertz CT molecular complexity index is 1090. The van der Waals surface area contributed by atoms with Crippen LogP contribution in [0.3, 0.4) is 0 Å². The summed E-state index contributed by atoms with van der Waals surface area (Å²) in [6.07, 6.45) is 5.77. The molecular formula is C26H30N8. The highest BCUT2D eigenvalue weighted by molar-refractivity contribution is 5.38. The lowest BCUT2D eigenvalue weighted by Gasteiger charge is -2.34. The first-order valence-electron chi connectivity index (χ1n) is 12.0. The molecule has 5 rings (SSSR count). The van der Waals surface area contributed by atoms with E-state index in [2.05, 4.69) is 83.8 Å². The highest BCUT2D eigenvalue weighted by atomic mass is 15.5. The summed E-state index contributed by atoms with van der Waals surface area (Å²) in [6, 6.07) is 22.8. The molecule has 1 aliphatic rings. The standard InChI is InChI=1S/C26H30N8/c1-3-10-22(11-4-1)24(23-12-5-2-6-13-23)25-29-30-31-34(25)17-8-7-16-32-18-20-33(21-19-32)26-27-14-9-15-28-26/h1-6,9-15,24H,7-8,16-21H2. The third kappa shape index (κ3) is 5.28. The third-order valence-corrected chi connectivity index (χ3v) is 6.39. The number of hydrogen-bond acceptors (Lipinski definition) is 7. The van der Waals surface area contributed by atoms with Crippen molar-refractivity contribution < 1.29 is 0 Å². The molecule has 1 saturated heterocycles. The molecule has 0 spiro atoms. The van der Waals surface area contributed by atoms with E-state index < -0.39 is 0 Å². The number of aromatic nitrogens is 6. The summed E-state index contributed by atoms with van der Waals surface area (Å²) in [4.78, 5) is 13.5. The molecule has 1 fully saturated rings. The Hall–Kier alpha value is -3.65. The SMILES string of the molecule is c1ccc(C(c2ccccc2)c2nnnn2CCCCN2CCN(c3ncccn3)CC2)cc1. The first-order valence-corrected chi connectivity index (χ1v) is 12.0. The van der Waals surface area contributed by atoms with E-state index in [1.54, 1.807) is 0 Å². The average molecular weight is 455 g/mol. The summed E-state index contributed by atoms with van der Waals surface area (Å²) in [5.41, 5.74) is 2.40. The number of piperazine rings is 1. The van der Waals surface area contributed by atoms with Crippen molar-refractivity contribution in [1.82, 2.24) is 35.1 Å². The van der Waals surface area contributed by atoms with Crippen molar-refractivity contribution in [3.63, 3.8) is 0 Å². The zero-order valence-corrected chi connectivity index (χ0v) is 19.3. The molecule has 0 atom stereocenters. The van der Waals surface area contributed by atoms with Crippen LogP contribution in [0.15, 0.2) is 79.1 Å². The predicted molar refractivity (Wildman–Crippen MR) is 132 cm³/mol. The second kappa shape index (κ2) is 11.0. The van der Waals surface area contributed by atoms with Crippen molar-refractivity contribution in [2.45, 2.75) is 25.3 Å². The molecule has 4 aromatic rings. The van der Waals surface area contributed by atoms with E-state index in [0.29, 0.717) is 0 Å². The molecule has 0 saturated carbocycles. The Labute approximate surface area is 200 Å². The van der Waals surface area contributed by atoms with Gasteiger partial charge in [-0.2, -0.15) is 0 Å². The molecule has 3 heterocycles. The van der Waals surface area contributed by atoms with Crippen LogP contribution in [-0.4, -0.2) is 67.8 Å². The normalized spacial score (nSPS) is 14.6. The molecule has 0 N–H and O–H groups in total. The summed E-state index contributed by atoms with van der Waals surface area (Å²) in [5, 5.41) is 12.8. The van der Waals surface area contributed by atoms with Crippen LogP contribution in [0.1, 0.15) is 35.7 Å². The van der Waals surface area contributed by atoms with Crippen molar-refractivity contribution in [1.29, 1.82) is 0 Å². The van der Waals surface area contributed by atoms with Gasteiger partial charge in [0.05, 0.1) is 5.92 Å². The van der Waals surface area contributed by atoms with E-state index in [1.165, 1.54) is 11.1 Å². The van der Waals surface area contributed by atoms with Gasteiger partial charge in [0.2, 0.25) is 5.95 Å². The van der Waals surface area contributed by atoms with E-state index in [-0.39, 0.29) is 5.92 Å². The van der Waals surface area contributed by atoms with Crippen LogP contribution >= 0.6 is 0 Å². The molecule has 174 valence electrons. The first-order chi connectivity index (χ1) is 16.9. The van der Waals surface area contributed by atoms with Crippen molar-refractivity contribution >= 4 is 5.95 Å². The number of hydrogen-bond donors (Lipinski definition) is 0. The van der Waals surface area contributed by atoms with Crippen molar-refractivity contribution in [2.75, 3.05) is 37.6 Å². The van der Waals surface area contributed by atoms with E-state index in [0.717, 1.165) is 63.9 Å². The van der Waals surface area contributed by atoms with Crippen LogP contribution in [0.4, 0.5) is 5.95 Å². The monoisotopic (exact) mass is 454 g/mol. The number of rotatable bonds is 9. The van der Waals surface area contributed by atoms with E-state index in [1.807, 2.05) is 35.3 Å². The summed E-state index contributed by atoms with van der Waals surface area (Å²) in [7, 11) is 0. The summed E-state index contributed by atoms with van der Waals surface area (Å²) < 4.78 is 1.98. The van der Waals surface area contributed by atoms with Crippen molar-refractivity contribution in [3.8, 4) is 0 Å². The van der Waals surface area contributed by atoms with Crippen LogP contribution in [0.5, 0.6) is 0 Å². The second-order valence-corrected chi connectivity index (χ2v) is 8.60. The van der Waals surface area contributed by atoms with Gasteiger partial charge in [0.25, 0.3) is 0 Å². The molecule has 8 heteroatoms. The lowest BCUT2D eigenvalue weighted by Crippen LogP contribution is -2.47. The third-order valence-electron chi connectivity index (χ3n) is 6.39. The number of anilines is 1. The van der Waals surface area contributed by atoms with Gasteiger partial charge in [-0.15, -0.1) is 5.10 Å². The summed E-state index contributed by atoms with van der Waals surface area (Å²) in [6.45, 7) is 5.92. The Morgan fingerprint density at radius 3 is 1.97 bits per heavy atom. The molecule has 0 amide bonds. The molecule has 0 unspecified atom stereocenters. The Balaban J connectivity index is 1.17. The van der Waals surface area contributed by atoms with Crippen LogP contribution in [0, 0.1) is 0 Å². The highest BCUT2D eigenvalue weighted by Crippen LogP contribution is 2.30. The Morgan fingerprint density at radius 1 is 0.706 bits per heavy atom. The quantitative estimate of drug-likeness (QED) is 0.359. The Kier molecular flexibility index (Phi) is 7.16. The molecular weight excluding hydrogens is 424 g/mol. The number of tetrazole rings is 1. The van der Waals surface area contributed by atoms with Gasteiger partial charge in [0, 0.05) is 45.1 Å². The van der Waals surface area contributed by atoms with Gasteiger partial charge >= 0.3 is 0 Å². The maximum atomic E-state index is 4.45. The molecule has 0 bridgehead atoms. The minimum Gasteiger partial charge on any atom is -0.338 e. The fraction of sp³-hybridized carbons (Fsp3) is 0.346. The van der Waals surface area contributed by atoms with Crippen LogP contribution < -0.4 is 4.90 Å². The Morgan fingerprint density at radius 2 is 1.32 bits per heavy atom. The molecule has 2 aromatic carbocycles. The zero-order chi connectivity index (χ0) is 23.0. The maximum absolute atomic E-state index is 4.45. The minimum absolute atomic E-state index is 0.0192. The van der Waals surface area contributed by atoms with Gasteiger partial charge in [-0.1, -0.05) is 60.7 Å². The fourth-order valence-corrected chi connectivity index (χ4v) is 4.58. The number of unbranched alkanes of at least 4 members (excludes halogenated alkanes) is 1. The highest BCUT2D eigenvalue weighted by Gasteiger charge is 2.23. The smallest absolute Gasteiger partial charge is 0.225 e. The second-order valence-electron chi connectivity index (χ2n) is 8.60. The molecule has 0 aliphatic carbocycles. The van der Waals surface area contributed by atoms with Crippen molar-refractivity contribution in [2.24, 2.45) is 0 Å². The number of nitrogens with zero attached hydrogens (tertiary/aromatic N) is 8. The number of aryl methyl sites for hydroxylation is 1. The number of benzene rings is 2. The van der Waals surface area contributed by atoms with Gasteiger partial charge in [-0.25, -0.2) is 14.6 Å². The molecule has 1 aliphatic heterocycles. The molecule has 2 aromatic heterocycles. The maximum Gasteiger partial charge on any atom is 0.225 e. The largest absolute Gasteiger partial charge is 0.338 e. The fourth-order valence-electron chi connectivity index (χ4n) is 4.58. The van der Waals surface area contributed by atoms with Gasteiger partial charge in [-0.3, -0.25) is 4.90 Å². The summed E-state index contributed by atoms with van der Waals surface area (Å²) in [5.74, 6) is 1.75. The van der Waals surface area contributed by atoms with Crippen LogP contribution in [-0.2, 0) is 6.54 Å². The molecule has 0 radical (unpaired) electrons. The zero-order valence-electron chi connectivity index (χ0n) is 19.3. The predicted octanol–water partition coefficient (Wildman–Crippen LogP) is 3.25. The average Bonchev–Trinajstić information content (AvgIpc) is 3.37. The van der Waals surface area contributed by atoms with Gasteiger partial charge in [-0.05, 0) is 47.0 Å². The van der Waals surface area contributed by atoms with Gasteiger partial charge < -0.3 is 4.90 Å². The lowest BCUT2D eigenvalue weighted by molar-refractivity contribution is 0.249. The molecule has 8 nitrogen and oxygen atoms in total. The van der Waals surface area contributed by atoms with Crippen LogP contribution in [0.2, 0.25) is 0 Å². The van der Waals surface area contributed by atoms with Gasteiger partial charge in [0.15, 0.2) is 5.82 Å². The van der Waals surface area contributed by atoms with Crippen LogP contribution in [0.25, 0.3) is 0 Å². The van der Waals surface area contributed by atoms with Crippen molar-refractivity contribution in [3.05, 3.63) is 96.1 Å². The van der Waals surface area contributed by atoms with Gasteiger partial charge in [0.1, 0.15) is 0 Å². The topological polar surface area (TPSA) is 75.9 Å².